The van der Waals surface area contributed by atoms with Crippen molar-refractivity contribution >= 4 is 44.0 Å². The first-order valence-electron chi connectivity index (χ1n) is 5.07. The van der Waals surface area contributed by atoms with Crippen LogP contribution in [0.2, 0.25) is 0 Å². The summed E-state index contributed by atoms with van der Waals surface area (Å²) in [5.74, 6) is -0.105. The second-order valence-corrected chi connectivity index (χ2v) is 7.97. The van der Waals surface area contributed by atoms with Crippen molar-refractivity contribution in [2.24, 2.45) is 10.5 Å². The summed E-state index contributed by atoms with van der Waals surface area (Å²) < 4.78 is -0.291. The summed E-state index contributed by atoms with van der Waals surface area (Å²) in [6.07, 6.45) is 5.67. The van der Waals surface area contributed by atoms with Crippen molar-refractivity contribution in [1.29, 1.82) is 0 Å². The van der Waals surface area contributed by atoms with E-state index < -0.39 is 5.41 Å². The van der Waals surface area contributed by atoms with Crippen LogP contribution in [0.3, 0.4) is 0 Å². The Morgan fingerprint density at radius 1 is 1.65 bits per heavy atom. The molecule has 1 heterocycles. The van der Waals surface area contributed by atoms with Crippen LogP contribution in [0.5, 0.6) is 0 Å². The summed E-state index contributed by atoms with van der Waals surface area (Å²) in [5.41, 5.74) is 2.93. The van der Waals surface area contributed by atoms with Gasteiger partial charge < -0.3 is 0 Å². The van der Waals surface area contributed by atoms with Crippen molar-refractivity contribution in [2.45, 2.75) is 16.6 Å². The van der Waals surface area contributed by atoms with Gasteiger partial charge in [-0.3, -0.25) is 9.78 Å². The van der Waals surface area contributed by atoms with Gasteiger partial charge in [-0.25, -0.2) is 5.43 Å². The highest BCUT2D eigenvalue weighted by atomic mass is 79.9. The fraction of sp³-hybridized carbons (Fsp3) is 0.364. The number of halogens is 2. The smallest absolute Gasteiger partial charge is 0.248 e. The zero-order valence-electron chi connectivity index (χ0n) is 9.15. The van der Waals surface area contributed by atoms with Gasteiger partial charge in [0.15, 0.2) is 0 Å². The normalized spacial score (nSPS) is 25.8. The molecule has 1 amide bonds. The number of hydrogen-bond acceptors (Lipinski definition) is 3. The quantitative estimate of drug-likeness (QED) is 0.511. The van der Waals surface area contributed by atoms with E-state index in [0.717, 1.165) is 12.0 Å². The molecule has 90 valence electrons. The van der Waals surface area contributed by atoms with Crippen molar-refractivity contribution < 1.29 is 4.79 Å². The zero-order chi connectivity index (χ0) is 12.5. The Kier molecular flexibility index (Phi) is 3.36. The molecule has 0 aromatic carbocycles. The molecule has 4 nitrogen and oxygen atoms in total. The van der Waals surface area contributed by atoms with E-state index in [9.17, 15) is 4.79 Å². The molecule has 17 heavy (non-hydrogen) atoms. The molecule has 1 aliphatic carbocycles. The van der Waals surface area contributed by atoms with Crippen LogP contribution in [0, 0.1) is 5.41 Å². The van der Waals surface area contributed by atoms with Crippen LogP contribution in [0.4, 0.5) is 0 Å². The molecule has 1 saturated carbocycles. The number of carbonyl (C=O) groups is 1. The van der Waals surface area contributed by atoms with Crippen LogP contribution in [0.1, 0.15) is 18.9 Å². The van der Waals surface area contributed by atoms with Gasteiger partial charge in [0, 0.05) is 18.0 Å². The maximum absolute atomic E-state index is 11.8. The van der Waals surface area contributed by atoms with E-state index in [4.69, 9.17) is 0 Å². The molecular weight excluding hydrogens is 350 g/mol. The van der Waals surface area contributed by atoms with E-state index in [-0.39, 0.29) is 9.14 Å². The van der Waals surface area contributed by atoms with E-state index in [1.54, 1.807) is 18.6 Å². The van der Waals surface area contributed by atoms with Gasteiger partial charge in [0.05, 0.1) is 14.9 Å². The first-order valence-corrected chi connectivity index (χ1v) is 6.66. The van der Waals surface area contributed by atoms with E-state index in [1.807, 2.05) is 19.1 Å². The van der Waals surface area contributed by atoms with Crippen LogP contribution in [0.15, 0.2) is 29.6 Å². The van der Waals surface area contributed by atoms with Crippen molar-refractivity contribution in [3.63, 3.8) is 0 Å². The minimum Gasteiger partial charge on any atom is -0.272 e. The largest absolute Gasteiger partial charge is 0.272 e. The lowest BCUT2D eigenvalue weighted by molar-refractivity contribution is -0.125. The van der Waals surface area contributed by atoms with E-state index in [2.05, 4.69) is 47.4 Å². The number of carbonyl (C=O) groups excluding carboxylic acids is 1. The predicted molar refractivity (Wildman–Crippen MR) is 73.3 cm³/mol. The monoisotopic (exact) mass is 359 g/mol. The highest BCUT2D eigenvalue weighted by Crippen LogP contribution is 2.66. The molecular formula is C11H11Br2N3O. The van der Waals surface area contributed by atoms with Gasteiger partial charge in [0.2, 0.25) is 5.91 Å². The summed E-state index contributed by atoms with van der Waals surface area (Å²) in [4.78, 5) is 15.8. The summed E-state index contributed by atoms with van der Waals surface area (Å²) in [5, 5.41) is 3.91. The van der Waals surface area contributed by atoms with Gasteiger partial charge in [-0.2, -0.15) is 5.10 Å². The third kappa shape index (κ3) is 2.57. The number of hydrogen-bond donors (Lipinski definition) is 1. The van der Waals surface area contributed by atoms with Crippen molar-refractivity contribution in [3.8, 4) is 0 Å². The standard InChI is InChI=1S/C11H11Br2N3O/c1-10(7-11(10,12)13)9(17)16-15-6-8-3-2-4-14-5-8/h2-6H,7H2,1H3,(H,16,17)/b15-6+. The molecule has 1 aliphatic rings. The summed E-state index contributed by atoms with van der Waals surface area (Å²) in [7, 11) is 0. The number of aromatic nitrogens is 1. The molecule has 1 aromatic rings. The van der Waals surface area contributed by atoms with E-state index in [0.29, 0.717) is 0 Å². The Labute approximate surface area is 116 Å². The van der Waals surface area contributed by atoms with Crippen molar-refractivity contribution in [3.05, 3.63) is 30.1 Å². The molecule has 0 saturated heterocycles. The lowest BCUT2D eigenvalue weighted by Gasteiger charge is -2.09. The van der Waals surface area contributed by atoms with Crippen molar-refractivity contribution in [1.82, 2.24) is 10.4 Å². The Balaban J connectivity index is 1.92. The highest BCUT2D eigenvalue weighted by Gasteiger charge is 2.66. The van der Waals surface area contributed by atoms with Crippen LogP contribution < -0.4 is 5.43 Å². The number of pyridine rings is 1. The Morgan fingerprint density at radius 3 is 2.88 bits per heavy atom. The van der Waals surface area contributed by atoms with Crippen LogP contribution in [-0.4, -0.2) is 20.3 Å². The van der Waals surface area contributed by atoms with Crippen LogP contribution >= 0.6 is 31.9 Å². The second kappa shape index (κ2) is 4.49. The third-order valence-electron chi connectivity index (χ3n) is 2.82. The average Bonchev–Trinajstić information content (AvgIpc) is 2.81. The fourth-order valence-electron chi connectivity index (χ4n) is 1.39. The maximum atomic E-state index is 11.8. The fourth-order valence-corrected chi connectivity index (χ4v) is 2.87. The van der Waals surface area contributed by atoms with Gasteiger partial charge in [-0.05, 0) is 19.4 Å². The molecule has 0 radical (unpaired) electrons. The van der Waals surface area contributed by atoms with Crippen LogP contribution in [-0.2, 0) is 4.79 Å². The minimum absolute atomic E-state index is 0.105. The van der Waals surface area contributed by atoms with Gasteiger partial charge in [-0.1, -0.05) is 37.9 Å². The maximum Gasteiger partial charge on any atom is 0.248 e. The lowest BCUT2D eigenvalue weighted by Crippen LogP contribution is -2.29. The Bertz CT molecular complexity index is 461. The highest BCUT2D eigenvalue weighted by molar-refractivity contribution is 9.25. The molecule has 6 heteroatoms. The van der Waals surface area contributed by atoms with E-state index >= 15 is 0 Å². The van der Waals surface area contributed by atoms with Gasteiger partial charge in [0.25, 0.3) is 0 Å². The Hall–Kier alpha value is -0.750. The number of rotatable bonds is 3. The molecule has 1 fully saturated rings. The third-order valence-corrected chi connectivity index (χ3v) is 5.13. The summed E-state index contributed by atoms with van der Waals surface area (Å²) in [6, 6.07) is 3.67. The molecule has 2 rings (SSSR count). The molecule has 1 N–H and O–H groups in total. The molecule has 1 atom stereocenters. The first kappa shape index (κ1) is 12.7. The Morgan fingerprint density at radius 2 is 2.35 bits per heavy atom. The molecule has 0 aliphatic heterocycles. The SMILES string of the molecule is CC1(C(=O)N/N=C/c2cccnc2)CC1(Br)Br. The van der Waals surface area contributed by atoms with Gasteiger partial charge in [-0.15, -0.1) is 0 Å². The number of nitrogens with one attached hydrogen (secondary N) is 1. The molecule has 0 bridgehead atoms. The number of hydrazone groups is 1. The average molecular weight is 361 g/mol. The van der Waals surface area contributed by atoms with Gasteiger partial charge >= 0.3 is 0 Å². The molecule has 0 spiro atoms. The van der Waals surface area contributed by atoms with Crippen molar-refractivity contribution in [2.75, 3.05) is 0 Å². The van der Waals surface area contributed by atoms with E-state index in [1.165, 1.54) is 0 Å². The van der Waals surface area contributed by atoms with Gasteiger partial charge in [0.1, 0.15) is 0 Å². The summed E-state index contributed by atoms with van der Waals surface area (Å²) >= 11 is 6.88. The zero-order valence-corrected chi connectivity index (χ0v) is 12.3. The topological polar surface area (TPSA) is 54.4 Å². The minimum atomic E-state index is -0.445. The molecule has 1 aromatic heterocycles. The lowest BCUT2D eigenvalue weighted by atomic mass is 10.1. The predicted octanol–water partition coefficient (Wildman–Crippen LogP) is 2.43. The summed E-state index contributed by atoms with van der Waals surface area (Å²) in [6.45, 7) is 1.88. The molecule has 1 unspecified atom stereocenters. The number of amides is 1. The number of alkyl halides is 2. The second-order valence-electron chi connectivity index (χ2n) is 4.20. The number of nitrogens with zero attached hydrogens (tertiary/aromatic N) is 2. The first-order chi connectivity index (χ1) is 7.96. The van der Waals surface area contributed by atoms with Crippen LogP contribution in [0.25, 0.3) is 0 Å².